The Balaban J connectivity index is 1.65. The van der Waals surface area contributed by atoms with E-state index in [1.165, 1.54) is 25.4 Å². The summed E-state index contributed by atoms with van der Waals surface area (Å²) < 4.78 is 10.4. The topological polar surface area (TPSA) is 77.5 Å². The van der Waals surface area contributed by atoms with E-state index in [2.05, 4.69) is 10.3 Å². The van der Waals surface area contributed by atoms with E-state index in [1.807, 2.05) is 30.3 Å². The minimum atomic E-state index is -1.03. The number of anilines is 1. The van der Waals surface area contributed by atoms with Crippen molar-refractivity contribution in [1.82, 2.24) is 4.98 Å². The fraction of sp³-hybridized carbons (Fsp3) is 0.150. The molecule has 1 aromatic heterocycles. The average molecular weight is 417 g/mol. The molecule has 0 unspecified atom stereocenters. The van der Waals surface area contributed by atoms with Crippen LogP contribution in [0.1, 0.15) is 17.4 Å². The van der Waals surface area contributed by atoms with Gasteiger partial charge in [-0.05, 0) is 25.1 Å². The van der Waals surface area contributed by atoms with Crippen molar-refractivity contribution in [3.8, 4) is 16.3 Å². The summed E-state index contributed by atoms with van der Waals surface area (Å²) >= 11 is 7.29. The number of halogens is 1. The SMILES string of the molecule is COc1ccc(Cl)cc1NC(=O)[C@H](C)OC(=O)c1csc(-c2ccccc2)n1. The molecule has 144 valence electrons. The number of thiazole rings is 1. The number of amides is 1. The van der Waals surface area contributed by atoms with Gasteiger partial charge in [0.25, 0.3) is 5.91 Å². The number of carbonyl (C=O) groups is 2. The summed E-state index contributed by atoms with van der Waals surface area (Å²) in [5, 5.41) is 5.40. The van der Waals surface area contributed by atoms with Crippen LogP contribution >= 0.6 is 22.9 Å². The van der Waals surface area contributed by atoms with Gasteiger partial charge in [0, 0.05) is 16.0 Å². The molecule has 1 atom stereocenters. The molecule has 0 bridgehead atoms. The first-order valence-electron chi connectivity index (χ1n) is 8.34. The summed E-state index contributed by atoms with van der Waals surface area (Å²) in [6.07, 6.45) is -1.03. The molecule has 0 fully saturated rings. The lowest BCUT2D eigenvalue weighted by Gasteiger charge is -2.15. The van der Waals surface area contributed by atoms with Gasteiger partial charge in [-0.3, -0.25) is 4.79 Å². The predicted molar refractivity (Wildman–Crippen MR) is 109 cm³/mol. The minimum Gasteiger partial charge on any atom is -0.495 e. The molecule has 28 heavy (non-hydrogen) atoms. The van der Waals surface area contributed by atoms with Gasteiger partial charge >= 0.3 is 5.97 Å². The number of nitrogens with zero attached hydrogens (tertiary/aromatic N) is 1. The Morgan fingerprint density at radius 2 is 1.93 bits per heavy atom. The maximum absolute atomic E-state index is 12.4. The molecule has 0 radical (unpaired) electrons. The van der Waals surface area contributed by atoms with Crippen LogP contribution in [0.15, 0.2) is 53.9 Å². The van der Waals surface area contributed by atoms with Gasteiger partial charge in [-0.15, -0.1) is 11.3 Å². The molecule has 0 aliphatic heterocycles. The number of carbonyl (C=O) groups excluding carboxylic acids is 2. The fourth-order valence-corrected chi connectivity index (χ4v) is 3.34. The molecule has 6 nitrogen and oxygen atoms in total. The van der Waals surface area contributed by atoms with Crippen molar-refractivity contribution in [3.05, 3.63) is 64.6 Å². The predicted octanol–water partition coefficient (Wildman–Crippen LogP) is 4.66. The zero-order valence-electron chi connectivity index (χ0n) is 15.1. The molecule has 1 N–H and O–H groups in total. The van der Waals surface area contributed by atoms with Gasteiger partial charge in [0.15, 0.2) is 11.8 Å². The molecule has 0 spiro atoms. The van der Waals surface area contributed by atoms with Crippen LogP contribution < -0.4 is 10.1 Å². The van der Waals surface area contributed by atoms with Crippen molar-refractivity contribution in [1.29, 1.82) is 0 Å². The molecule has 8 heteroatoms. The first-order valence-corrected chi connectivity index (χ1v) is 9.60. The standard InChI is InChI=1S/C20H17ClN2O4S/c1-12(18(24)22-15-10-14(21)8-9-17(15)26-2)27-20(25)16-11-28-19(23-16)13-6-4-3-5-7-13/h3-12H,1-2H3,(H,22,24)/t12-/m0/s1. The molecule has 3 rings (SSSR count). The molecule has 1 amide bonds. The molecule has 0 saturated carbocycles. The van der Waals surface area contributed by atoms with E-state index in [4.69, 9.17) is 21.1 Å². The van der Waals surface area contributed by atoms with Crippen LogP contribution in [0.4, 0.5) is 5.69 Å². The van der Waals surface area contributed by atoms with E-state index >= 15 is 0 Å². The Hall–Kier alpha value is -2.90. The largest absolute Gasteiger partial charge is 0.495 e. The van der Waals surface area contributed by atoms with Gasteiger partial charge in [0.2, 0.25) is 0 Å². The highest BCUT2D eigenvalue weighted by atomic mass is 35.5. The number of esters is 1. The smallest absolute Gasteiger partial charge is 0.358 e. The first kappa shape index (κ1) is 19.9. The van der Waals surface area contributed by atoms with Crippen molar-refractivity contribution >= 4 is 40.5 Å². The van der Waals surface area contributed by atoms with Crippen LogP contribution in [0, 0.1) is 0 Å². The highest BCUT2D eigenvalue weighted by Gasteiger charge is 2.22. The Morgan fingerprint density at radius 1 is 1.18 bits per heavy atom. The molecule has 0 saturated heterocycles. The normalized spacial score (nSPS) is 11.5. The molecule has 0 aliphatic rings. The van der Waals surface area contributed by atoms with Gasteiger partial charge in [-0.2, -0.15) is 0 Å². The minimum absolute atomic E-state index is 0.156. The lowest BCUT2D eigenvalue weighted by atomic mass is 10.2. The lowest BCUT2D eigenvalue weighted by Crippen LogP contribution is -2.30. The average Bonchev–Trinajstić information content (AvgIpc) is 3.19. The summed E-state index contributed by atoms with van der Waals surface area (Å²) in [6.45, 7) is 1.48. The maximum Gasteiger partial charge on any atom is 0.358 e. The number of hydrogen-bond acceptors (Lipinski definition) is 6. The molecular weight excluding hydrogens is 400 g/mol. The van der Waals surface area contributed by atoms with Crippen LogP contribution in [-0.4, -0.2) is 30.1 Å². The quantitative estimate of drug-likeness (QED) is 0.591. The molecule has 3 aromatic rings. The van der Waals surface area contributed by atoms with Crippen LogP contribution in [0.3, 0.4) is 0 Å². The molecular formula is C20H17ClN2O4S. The molecule has 1 heterocycles. The molecule has 0 aliphatic carbocycles. The third-order valence-corrected chi connectivity index (χ3v) is 4.93. The van der Waals surface area contributed by atoms with E-state index in [0.29, 0.717) is 21.5 Å². The third-order valence-electron chi connectivity index (χ3n) is 3.81. The van der Waals surface area contributed by atoms with E-state index < -0.39 is 18.0 Å². The number of hydrogen-bond donors (Lipinski definition) is 1. The summed E-state index contributed by atoms with van der Waals surface area (Å²) in [7, 11) is 1.48. The zero-order chi connectivity index (χ0) is 20.1. The van der Waals surface area contributed by atoms with E-state index in [0.717, 1.165) is 5.56 Å². The number of aromatic nitrogens is 1. The number of methoxy groups -OCH3 is 1. The van der Waals surface area contributed by atoms with Crippen LogP contribution in [0.2, 0.25) is 5.02 Å². The summed E-state index contributed by atoms with van der Waals surface area (Å²) in [5.74, 6) is -0.727. The van der Waals surface area contributed by atoms with E-state index in [-0.39, 0.29) is 5.69 Å². The number of ether oxygens (including phenoxy) is 2. The van der Waals surface area contributed by atoms with Gasteiger partial charge in [0.1, 0.15) is 10.8 Å². The van der Waals surface area contributed by atoms with Crippen molar-refractivity contribution in [2.45, 2.75) is 13.0 Å². The second kappa shape index (κ2) is 8.86. The van der Waals surface area contributed by atoms with Gasteiger partial charge in [-0.1, -0.05) is 41.9 Å². The third kappa shape index (κ3) is 4.68. The number of rotatable bonds is 6. The van der Waals surface area contributed by atoms with Crippen LogP contribution in [0.25, 0.3) is 10.6 Å². The summed E-state index contributed by atoms with van der Waals surface area (Å²) in [4.78, 5) is 29.0. The Kier molecular flexibility index (Phi) is 6.28. The van der Waals surface area contributed by atoms with E-state index in [1.54, 1.807) is 23.6 Å². The van der Waals surface area contributed by atoms with Crippen LogP contribution in [0.5, 0.6) is 5.75 Å². The molecule has 2 aromatic carbocycles. The van der Waals surface area contributed by atoms with Crippen molar-refractivity contribution in [2.75, 3.05) is 12.4 Å². The Bertz CT molecular complexity index is 991. The van der Waals surface area contributed by atoms with Gasteiger partial charge < -0.3 is 14.8 Å². The van der Waals surface area contributed by atoms with Crippen molar-refractivity contribution < 1.29 is 19.1 Å². The second-order valence-corrected chi connectivity index (χ2v) is 7.08. The van der Waals surface area contributed by atoms with Crippen LogP contribution in [-0.2, 0) is 9.53 Å². The fourth-order valence-electron chi connectivity index (χ4n) is 2.37. The summed E-state index contributed by atoms with van der Waals surface area (Å²) in [6, 6.07) is 14.3. The number of nitrogens with one attached hydrogen (secondary N) is 1. The van der Waals surface area contributed by atoms with E-state index in [9.17, 15) is 9.59 Å². The first-order chi connectivity index (χ1) is 13.5. The van der Waals surface area contributed by atoms with Gasteiger partial charge in [0.05, 0.1) is 12.8 Å². The lowest BCUT2D eigenvalue weighted by molar-refractivity contribution is -0.123. The zero-order valence-corrected chi connectivity index (χ0v) is 16.7. The Labute approximate surface area is 171 Å². The number of benzene rings is 2. The second-order valence-electron chi connectivity index (χ2n) is 5.79. The Morgan fingerprint density at radius 3 is 2.64 bits per heavy atom. The van der Waals surface area contributed by atoms with Gasteiger partial charge in [-0.25, -0.2) is 9.78 Å². The van der Waals surface area contributed by atoms with Crippen molar-refractivity contribution in [2.24, 2.45) is 0 Å². The highest BCUT2D eigenvalue weighted by Crippen LogP contribution is 2.28. The summed E-state index contributed by atoms with van der Waals surface area (Å²) in [5.41, 5.74) is 1.46. The highest BCUT2D eigenvalue weighted by molar-refractivity contribution is 7.13. The van der Waals surface area contributed by atoms with Crippen molar-refractivity contribution in [3.63, 3.8) is 0 Å². The monoisotopic (exact) mass is 416 g/mol. The maximum atomic E-state index is 12.4.